The summed E-state index contributed by atoms with van der Waals surface area (Å²) in [5, 5.41) is 0. The highest BCUT2D eigenvalue weighted by atomic mass is 15.1. The number of aromatic nitrogens is 2. The van der Waals surface area contributed by atoms with Crippen molar-refractivity contribution in [3.8, 4) is 0 Å². The van der Waals surface area contributed by atoms with E-state index in [4.69, 9.17) is 0 Å². The second-order valence-electron chi connectivity index (χ2n) is 3.21. The Morgan fingerprint density at radius 1 is 1.29 bits per heavy atom. The molecule has 0 aromatic carbocycles. The average Bonchev–Trinajstić information content (AvgIpc) is 2.56. The summed E-state index contributed by atoms with van der Waals surface area (Å²) in [5.74, 6) is 1.12. The van der Waals surface area contributed by atoms with Gasteiger partial charge in [0.2, 0.25) is 0 Å². The molecule has 0 N–H and O–H groups in total. The Morgan fingerprint density at radius 2 is 2.00 bits per heavy atom. The standard InChI is InChI=1S/C12H18N2/c1-5-9-14-11(7-3)10(6-2)13-12(14)8-4/h6-7H,2-3,5,8-9H2,1,4H3. The molecule has 0 saturated heterocycles. The molecule has 0 aliphatic heterocycles. The lowest BCUT2D eigenvalue weighted by Gasteiger charge is -2.06. The first-order valence-electron chi connectivity index (χ1n) is 5.12. The van der Waals surface area contributed by atoms with Crippen molar-refractivity contribution >= 4 is 12.2 Å². The molecule has 0 fully saturated rings. The van der Waals surface area contributed by atoms with Crippen LogP contribution < -0.4 is 0 Å². The zero-order chi connectivity index (χ0) is 10.6. The molecule has 76 valence electrons. The summed E-state index contributed by atoms with van der Waals surface area (Å²) in [4.78, 5) is 4.51. The zero-order valence-electron chi connectivity index (χ0n) is 9.08. The largest absolute Gasteiger partial charge is 0.328 e. The van der Waals surface area contributed by atoms with Gasteiger partial charge >= 0.3 is 0 Å². The van der Waals surface area contributed by atoms with Crippen LogP contribution in [0.4, 0.5) is 0 Å². The summed E-state index contributed by atoms with van der Waals surface area (Å²) in [6.07, 6.45) is 5.72. The topological polar surface area (TPSA) is 17.8 Å². The van der Waals surface area contributed by atoms with Gasteiger partial charge in [-0.25, -0.2) is 4.98 Å². The van der Waals surface area contributed by atoms with Gasteiger partial charge in [0, 0.05) is 13.0 Å². The number of hydrogen-bond acceptors (Lipinski definition) is 1. The highest BCUT2D eigenvalue weighted by Gasteiger charge is 2.10. The van der Waals surface area contributed by atoms with Crippen LogP contribution in [0, 0.1) is 0 Å². The van der Waals surface area contributed by atoms with Crippen molar-refractivity contribution < 1.29 is 0 Å². The van der Waals surface area contributed by atoms with E-state index in [1.165, 1.54) is 0 Å². The van der Waals surface area contributed by atoms with E-state index in [0.717, 1.165) is 36.6 Å². The fourth-order valence-corrected chi connectivity index (χ4v) is 1.64. The van der Waals surface area contributed by atoms with Gasteiger partial charge < -0.3 is 4.57 Å². The van der Waals surface area contributed by atoms with Gasteiger partial charge in [0.1, 0.15) is 5.82 Å². The summed E-state index contributed by atoms with van der Waals surface area (Å²) in [6, 6.07) is 0. The van der Waals surface area contributed by atoms with Crippen LogP contribution in [-0.2, 0) is 13.0 Å². The van der Waals surface area contributed by atoms with E-state index in [0.29, 0.717) is 0 Å². The third kappa shape index (κ3) is 1.79. The van der Waals surface area contributed by atoms with Gasteiger partial charge in [0.05, 0.1) is 11.4 Å². The molecular weight excluding hydrogens is 172 g/mol. The molecule has 2 nitrogen and oxygen atoms in total. The number of aryl methyl sites for hydroxylation is 1. The minimum Gasteiger partial charge on any atom is -0.328 e. The molecular formula is C12H18N2. The van der Waals surface area contributed by atoms with Crippen LogP contribution in [0.25, 0.3) is 12.2 Å². The first kappa shape index (κ1) is 10.8. The predicted octanol–water partition coefficient (Wildman–Crippen LogP) is 3.14. The van der Waals surface area contributed by atoms with E-state index in [9.17, 15) is 0 Å². The summed E-state index contributed by atoms with van der Waals surface area (Å²) in [7, 11) is 0. The van der Waals surface area contributed by atoms with Crippen molar-refractivity contribution in [3.63, 3.8) is 0 Å². The molecule has 0 spiro atoms. The SMILES string of the molecule is C=Cc1nc(CC)n(CCC)c1C=C. The smallest absolute Gasteiger partial charge is 0.109 e. The first-order valence-corrected chi connectivity index (χ1v) is 5.12. The van der Waals surface area contributed by atoms with Gasteiger partial charge in [-0.15, -0.1) is 0 Å². The molecule has 0 aliphatic carbocycles. The van der Waals surface area contributed by atoms with Crippen molar-refractivity contribution in [1.82, 2.24) is 9.55 Å². The van der Waals surface area contributed by atoms with Gasteiger partial charge in [-0.2, -0.15) is 0 Å². The van der Waals surface area contributed by atoms with Crippen molar-refractivity contribution in [2.24, 2.45) is 0 Å². The Balaban J connectivity index is 3.24. The number of hydrogen-bond donors (Lipinski definition) is 0. The van der Waals surface area contributed by atoms with Crippen LogP contribution in [0.15, 0.2) is 13.2 Å². The van der Waals surface area contributed by atoms with E-state index in [-0.39, 0.29) is 0 Å². The van der Waals surface area contributed by atoms with E-state index in [1.54, 1.807) is 6.08 Å². The first-order chi connectivity index (χ1) is 6.78. The molecule has 0 amide bonds. The van der Waals surface area contributed by atoms with E-state index in [2.05, 4.69) is 36.6 Å². The third-order valence-corrected chi connectivity index (χ3v) is 2.26. The second kappa shape index (κ2) is 4.80. The monoisotopic (exact) mass is 190 g/mol. The predicted molar refractivity (Wildman–Crippen MR) is 62.1 cm³/mol. The van der Waals surface area contributed by atoms with E-state index in [1.807, 2.05) is 6.08 Å². The lowest BCUT2D eigenvalue weighted by Crippen LogP contribution is -2.04. The number of nitrogens with zero attached hydrogens (tertiary/aromatic N) is 2. The molecule has 0 unspecified atom stereocenters. The molecule has 2 heteroatoms. The van der Waals surface area contributed by atoms with Gasteiger partial charge in [-0.3, -0.25) is 0 Å². The van der Waals surface area contributed by atoms with Crippen molar-refractivity contribution in [1.29, 1.82) is 0 Å². The number of rotatable bonds is 5. The van der Waals surface area contributed by atoms with Crippen molar-refractivity contribution in [2.45, 2.75) is 33.2 Å². The lowest BCUT2D eigenvalue weighted by atomic mass is 10.3. The van der Waals surface area contributed by atoms with Crippen molar-refractivity contribution in [3.05, 3.63) is 30.4 Å². The second-order valence-corrected chi connectivity index (χ2v) is 3.21. The Morgan fingerprint density at radius 3 is 2.43 bits per heavy atom. The fraction of sp³-hybridized carbons (Fsp3) is 0.417. The molecule has 1 aromatic heterocycles. The fourth-order valence-electron chi connectivity index (χ4n) is 1.64. The summed E-state index contributed by atoms with van der Waals surface area (Å²) in [5.41, 5.74) is 2.05. The Hall–Kier alpha value is -1.31. The Kier molecular flexibility index (Phi) is 3.69. The Labute approximate surface area is 86.0 Å². The van der Waals surface area contributed by atoms with Gasteiger partial charge in [-0.05, 0) is 18.6 Å². The molecule has 1 aromatic rings. The summed E-state index contributed by atoms with van der Waals surface area (Å²) >= 11 is 0. The molecule has 0 aliphatic rings. The maximum absolute atomic E-state index is 4.51. The van der Waals surface area contributed by atoms with Crippen LogP contribution in [0.1, 0.15) is 37.5 Å². The summed E-state index contributed by atoms with van der Waals surface area (Å²) in [6.45, 7) is 12.9. The average molecular weight is 190 g/mol. The summed E-state index contributed by atoms with van der Waals surface area (Å²) < 4.78 is 2.23. The highest BCUT2D eigenvalue weighted by Crippen LogP contribution is 2.15. The molecule has 0 saturated carbocycles. The molecule has 1 rings (SSSR count). The molecule has 0 atom stereocenters. The number of imidazole rings is 1. The van der Waals surface area contributed by atoms with E-state index < -0.39 is 0 Å². The van der Waals surface area contributed by atoms with Crippen LogP contribution >= 0.6 is 0 Å². The van der Waals surface area contributed by atoms with Crippen molar-refractivity contribution in [2.75, 3.05) is 0 Å². The normalized spacial score (nSPS) is 10.1. The maximum Gasteiger partial charge on any atom is 0.109 e. The van der Waals surface area contributed by atoms with Crippen LogP contribution in [0.2, 0.25) is 0 Å². The maximum atomic E-state index is 4.51. The minimum absolute atomic E-state index is 0.949. The van der Waals surface area contributed by atoms with Gasteiger partial charge in [0.25, 0.3) is 0 Å². The lowest BCUT2D eigenvalue weighted by molar-refractivity contribution is 0.638. The zero-order valence-corrected chi connectivity index (χ0v) is 9.08. The van der Waals surface area contributed by atoms with Crippen LogP contribution in [-0.4, -0.2) is 9.55 Å². The third-order valence-electron chi connectivity index (χ3n) is 2.26. The molecule has 0 bridgehead atoms. The van der Waals surface area contributed by atoms with E-state index >= 15 is 0 Å². The minimum atomic E-state index is 0.949. The van der Waals surface area contributed by atoms with Gasteiger partial charge in [0.15, 0.2) is 0 Å². The highest BCUT2D eigenvalue weighted by molar-refractivity contribution is 5.58. The Bertz CT molecular complexity index is 334. The van der Waals surface area contributed by atoms with Gasteiger partial charge in [-0.1, -0.05) is 27.0 Å². The van der Waals surface area contributed by atoms with Crippen LogP contribution in [0.5, 0.6) is 0 Å². The molecule has 14 heavy (non-hydrogen) atoms. The quantitative estimate of drug-likeness (QED) is 0.697. The molecule has 1 heterocycles. The van der Waals surface area contributed by atoms with Crippen LogP contribution in [0.3, 0.4) is 0 Å². The molecule has 0 radical (unpaired) electrons.